The Bertz CT molecular complexity index is 245. The summed E-state index contributed by atoms with van der Waals surface area (Å²) >= 11 is 1.65. The molecule has 1 heterocycles. The lowest BCUT2D eigenvalue weighted by Crippen LogP contribution is -2.19. The average Bonchev–Trinajstić information content (AvgIpc) is 2.52. The van der Waals surface area contributed by atoms with Crippen molar-refractivity contribution in [1.82, 2.24) is 10.3 Å². The summed E-state index contributed by atoms with van der Waals surface area (Å²) in [6.07, 6.45) is 0. The number of anilines is 1. The Labute approximate surface area is 83.6 Å². The molecule has 1 aromatic rings. The van der Waals surface area contributed by atoms with Gasteiger partial charge in [-0.25, -0.2) is 4.98 Å². The summed E-state index contributed by atoms with van der Waals surface area (Å²) in [5.74, 6) is 0.697. The Morgan fingerprint density at radius 2 is 2.31 bits per heavy atom. The standard InChI is InChI=1S/C9H17N3S/c1-7(2)4-11-5-8-6-13-9(10-3)12-8/h6-7,11H,4-5H2,1-3H3,(H,10,12). The van der Waals surface area contributed by atoms with Crippen molar-refractivity contribution in [3.05, 3.63) is 11.1 Å². The van der Waals surface area contributed by atoms with Crippen molar-refractivity contribution in [2.24, 2.45) is 5.92 Å². The fraction of sp³-hybridized carbons (Fsp3) is 0.667. The van der Waals surface area contributed by atoms with Gasteiger partial charge in [-0.05, 0) is 12.5 Å². The van der Waals surface area contributed by atoms with Crippen LogP contribution < -0.4 is 10.6 Å². The third-order valence-corrected chi connectivity index (χ3v) is 2.53. The minimum atomic E-state index is 0.697. The Morgan fingerprint density at radius 3 is 2.85 bits per heavy atom. The average molecular weight is 199 g/mol. The number of hydrogen-bond donors (Lipinski definition) is 2. The molecule has 0 amide bonds. The molecule has 13 heavy (non-hydrogen) atoms. The Morgan fingerprint density at radius 1 is 1.54 bits per heavy atom. The minimum Gasteiger partial charge on any atom is -0.365 e. The van der Waals surface area contributed by atoms with Gasteiger partial charge in [-0.3, -0.25) is 0 Å². The summed E-state index contributed by atoms with van der Waals surface area (Å²) in [6, 6.07) is 0. The lowest BCUT2D eigenvalue weighted by atomic mass is 10.2. The maximum atomic E-state index is 4.37. The summed E-state index contributed by atoms with van der Waals surface area (Å²) < 4.78 is 0. The second-order valence-electron chi connectivity index (χ2n) is 3.42. The van der Waals surface area contributed by atoms with E-state index in [1.54, 1.807) is 11.3 Å². The van der Waals surface area contributed by atoms with Gasteiger partial charge in [0.2, 0.25) is 0 Å². The van der Waals surface area contributed by atoms with E-state index >= 15 is 0 Å². The monoisotopic (exact) mass is 199 g/mol. The highest BCUT2D eigenvalue weighted by molar-refractivity contribution is 7.13. The number of hydrogen-bond acceptors (Lipinski definition) is 4. The molecule has 0 fully saturated rings. The van der Waals surface area contributed by atoms with Crippen molar-refractivity contribution in [1.29, 1.82) is 0 Å². The molecule has 0 bridgehead atoms. The topological polar surface area (TPSA) is 37.0 Å². The molecule has 3 nitrogen and oxygen atoms in total. The van der Waals surface area contributed by atoms with Crippen molar-refractivity contribution >= 4 is 16.5 Å². The molecule has 1 rings (SSSR count). The van der Waals surface area contributed by atoms with Crippen LogP contribution in [0.15, 0.2) is 5.38 Å². The zero-order valence-electron chi connectivity index (χ0n) is 8.42. The predicted molar refractivity (Wildman–Crippen MR) is 58.2 cm³/mol. The number of aromatic nitrogens is 1. The molecule has 1 aromatic heterocycles. The maximum absolute atomic E-state index is 4.37. The van der Waals surface area contributed by atoms with Crippen LogP contribution in [0.3, 0.4) is 0 Å². The van der Waals surface area contributed by atoms with Crippen LogP contribution in [-0.4, -0.2) is 18.6 Å². The molecule has 74 valence electrons. The van der Waals surface area contributed by atoms with Gasteiger partial charge in [0, 0.05) is 19.0 Å². The van der Waals surface area contributed by atoms with Crippen LogP contribution in [-0.2, 0) is 6.54 Å². The van der Waals surface area contributed by atoms with Gasteiger partial charge in [0.15, 0.2) is 5.13 Å². The highest BCUT2D eigenvalue weighted by Gasteiger charge is 1.99. The third-order valence-electron chi connectivity index (χ3n) is 1.62. The van der Waals surface area contributed by atoms with Crippen LogP contribution in [0.2, 0.25) is 0 Å². The first kappa shape index (κ1) is 10.5. The summed E-state index contributed by atoms with van der Waals surface area (Å²) in [5, 5.41) is 9.45. The van der Waals surface area contributed by atoms with Crippen molar-refractivity contribution < 1.29 is 0 Å². The molecular formula is C9H17N3S. The summed E-state index contributed by atoms with van der Waals surface area (Å²) in [5.41, 5.74) is 1.12. The molecular weight excluding hydrogens is 182 g/mol. The molecule has 0 aliphatic heterocycles. The molecule has 0 unspecified atom stereocenters. The van der Waals surface area contributed by atoms with E-state index in [0.29, 0.717) is 5.92 Å². The number of nitrogens with one attached hydrogen (secondary N) is 2. The number of nitrogens with zero attached hydrogens (tertiary/aromatic N) is 1. The van der Waals surface area contributed by atoms with E-state index < -0.39 is 0 Å². The van der Waals surface area contributed by atoms with Crippen molar-refractivity contribution in [2.75, 3.05) is 18.9 Å². The lowest BCUT2D eigenvalue weighted by molar-refractivity contribution is 0.549. The van der Waals surface area contributed by atoms with Crippen LogP contribution in [0.5, 0.6) is 0 Å². The molecule has 0 aliphatic rings. The fourth-order valence-electron chi connectivity index (χ4n) is 0.992. The highest BCUT2D eigenvalue weighted by Crippen LogP contribution is 2.13. The van der Waals surface area contributed by atoms with Gasteiger partial charge >= 0.3 is 0 Å². The largest absolute Gasteiger partial charge is 0.365 e. The van der Waals surface area contributed by atoms with Gasteiger partial charge in [-0.2, -0.15) is 0 Å². The van der Waals surface area contributed by atoms with Gasteiger partial charge in [0.1, 0.15) is 0 Å². The van der Waals surface area contributed by atoms with Crippen LogP contribution in [0.4, 0.5) is 5.13 Å². The molecule has 0 spiro atoms. The second kappa shape index (κ2) is 5.19. The van der Waals surface area contributed by atoms with E-state index in [1.165, 1.54) is 0 Å². The van der Waals surface area contributed by atoms with Gasteiger partial charge in [0.05, 0.1) is 5.69 Å². The number of thiazole rings is 1. The van der Waals surface area contributed by atoms with Gasteiger partial charge in [0.25, 0.3) is 0 Å². The molecule has 0 saturated heterocycles. The first-order valence-electron chi connectivity index (χ1n) is 4.55. The molecule has 2 N–H and O–H groups in total. The smallest absolute Gasteiger partial charge is 0.182 e. The molecule has 0 atom stereocenters. The number of rotatable bonds is 5. The van der Waals surface area contributed by atoms with E-state index in [1.807, 2.05) is 7.05 Å². The fourth-order valence-corrected chi connectivity index (χ4v) is 1.66. The van der Waals surface area contributed by atoms with E-state index in [-0.39, 0.29) is 0 Å². The molecule has 0 saturated carbocycles. The van der Waals surface area contributed by atoms with Crippen LogP contribution in [0.25, 0.3) is 0 Å². The third kappa shape index (κ3) is 3.74. The van der Waals surface area contributed by atoms with Gasteiger partial charge < -0.3 is 10.6 Å². The van der Waals surface area contributed by atoms with Crippen LogP contribution >= 0.6 is 11.3 Å². The summed E-state index contributed by atoms with van der Waals surface area (Å²) in [6.45, 7) is 6.32. The van der Waals surface area contributed by atoms with E-state index in [2.05, 4.69) is 34.8 Å². The molecule has 0 aromatic carbocycles. The SMILES string of the molecule is CNc1nc(CNCC(C)C)cs1. The van der Waals surface area contributed by atoms with Crippen molar-refractivity contribution in [2.45, 2.75) is 20.4 Å². The quantitative estimate of drug-likeness (QED) is 0.761. The Balaban J connectivity index is 2.28. The van der Waals surface area contributed by atoms with Crippen molar-refractivity contribution in [3.63, 3.8) is 0 Å². The zero-order chi connectivity index (χ0) is 9.68. The molecule has 0 radical (unpaired) electrons. The molecule has 4 heteroatoms. The maximum Gasteiger partial charge on any atom is 0.182 e. The van der Waals surface area contributed by atoms with Crippen LogP contribution in [0.1, 0.15) is 19.5 Å². The lowest BCUT2D eigenvalue weighted by Gasteiger charge is -2.04. The first-order valence-corrected chi connectivity index (χ1v) is 5.43. The highest BCUT2D eigenvalue weighted by atomic mass is 32.1. The van der Waals surface area contributed by atoms with E-state index in [4.69, 9.17) is 0 Å². The zero-order valence-corrected chi connectivity index (χ0v) is 9.24. The first-order chi connectivity index (χ1) is 6.22. The normalized spacial score (nSPS) is 10.8. The Kier molecular flexibility index (Phi) is 4.18. The van der Waals surface area contributed by atoms with Gasteiger partial charge in [-0.15, -0.1) is 11.3 Å². The minimum absolute atomic E-state index is 0.697. The van der Waals surface area contributed by atoms with Gasteiger partial charge in [-0.1, -0.05) is 13.8 Å². The predicted octanol–water partition coefficient (Wildman–Crippen LogP) is 1.93. The second-order valence-corrected chi connectivity index (χ2v) is 4.28. The van der Waals surface area contributed by atoms with Crippen LogP contribution in [0, 0.1) is 5.92 Å². The van der Waals surface area contributed by atoms with Crippen molar-refractivity contribution in [3.8, 4) is 0 Å². The summed E-state index contributed by atoms with van der Waals surface area (Å²) in [7, 11) is 1.89. The Hall–Kier alpha value is -0.610. The molecule has 0 aliphatic carbocycles. The van der Waals surface area contributed by atoms with E-state index in [9.17, 15) is 0 Å². The summed E-state index contributed by atoms with van der Waals surface area (Å²) in [4.78, 5) is 4.37. The van der Waals surface area contributed by atoms with E-state index in [0.717, 1.165) is 23.9 Å².